The van der Waals surface area contributed by atoms with Gasteiger partial charge in [-0.2, -0.15) is 0 Å². The van der Waals surface area contributed by atoms with Gasteiger partial charge in [-0.15, -0.1) is 0 Å². The van der Waals surface area contributed by atoms with E-state index in [1.807, 2.05) is 95.9 Å². The number of nitrogens with zero attached hydrogens (tertiary/aromatic N) is 3. The zero-order valence-electron chi connectivity index (χ0n) is 61.6. The lowest BCUT2D eigenvalue weighted by Crippen LogP contribution is -2.56. The SMILES string of the molecule is [C-]#[N+]CCOP(O[C@@H]1C[C@@H](COC(c2ccccc2)(c2ccc(OC)cc2)c2ccc(OC)cc2)N(C(=O)CCCCCCC(=O)CCCCCCCCOC2OC(COC(=O)c3ccccc3)C(OC3OC(COC(=O)c4ccccc4)C(C)C(C)C3C)C(C)C2C)C1)N(C(C)C)C(C)C. The third-order valence-corrected chi connectivity index (χ3v) is 22.7. The summed E-state index contributed by atoms with van der Waals surface area (Å²) in [5.74, 6) is 1.09. The second-order valence-corrected chi connectivity index (χ2v) is 29.5. The van der Waals surface area contributed by atoms with E-state index >= 15 is 0 Å². The molecule has 1 amide bonds. The minimum absolute atomic E-state index is 0.0103. The number of rotatable bonds is 41. The first-order valence-electron chi connectivity index (χ1n) is 36.9. The van der Waals surface area contributed by atoms with Crippen molar-refractivity contribution in [2.24, 2.45) is 29.6 Å². The first-order chi connectivity index (χ1) is 48.9. The highest BCUT2D eigenvalue weighted by molar-refractivity contribution is 7.44. The molecule has 0 spiro atoms. The van der Waals surface area contributed by atoms with Gasteiger partial charge >= 0.3 is 11.9 Å². The summed E-state index contributed by atoms with van der Waals surface area (Å²) in [5.41, 5.74) is 2.56. The van der Waals surface area contributed by atoms with E-state index in [9.17, 15) is 19.2 Å². The number of Topliss-reactive ketones (excluding diaryl/α,β-unsaturated/α-hetero) is 1. The number of hydrogen-bond acceptors (Lipinski definition) is 16. The fourth-order valence-electron chi connectivity index (χ4n) is 14.1. The molecule has 0 saturated carbocycles. The zero-order chi connectivity index (χ0) is 72.3. The van der Waals surface area contributed by atoms with Crippen LogP contribution in [0.3, 0.4) is 0 Å². The summed E-state index contributed by atoms with van der Waals surface area (Å²) in [5, 5.41) is 0. The standard InChI is InChI=1S/C82H112N3O15P/c1-57(2)85(58(3)4)101(96-51-49-83-10)100-73-52-69(54-95-82(66-36-26-21-27-37-66,67-41-45-71(90-11)46-42-67)68-43-47-72(91-12)48-44-68)84(53-73)76(87)40-30-17-16-29-39-70(86)38-28-15-13-14-18-31-50-92-80-63(9)61(7)77(75(98-80)56-94-79(89)65-34-24-20-25-35-65)99-81-62(8)59(5)60(6)74(97-81)55-93-78(88)64-32-22-19-23-33-64/h19-27,32-37,41-48,57-63,69,73-75,77,80-81H,13-18,28-31,38-40,49-56H2,1-9,11-12H3/t59?,60?,61?,62?,63?,69-,73+,74?,75?,77?,80?,81?,101?/m0/s1. The predicted molar refractivity (Wildman–Crippen MR) is 392 cm³/mol. The normalized spacial score (nSPS) is 23.4. The molecule has 11 unspecified atom stereocenters. The summed E-state index contributed by atoms with van der Waals surface area (Å²) in [6.45, 7) is 28.2. The van der Waals surface area contributed by atoms with Crippen molar-refractivity contribution in [1.82, 2.24) is 9.57 Å². The van der Waals surface area contributed by atoms with Gasteiger partial charge in [0.05, 0.1) is 56.3 Å². The van der Waals surface area contributed by atoms with E-state index in [2.05, 4.69) is 84.0 Å². The molecule has 0 radical (unpaired) electrons. The maximum atomic E-state index is 14.6. The van der Waals surface area contributed by atoms with Crippen molar-refractivity contribution in [3.63, 3.8) is 0 Å². The van der Waals surface area contributed by atoms with Crippen LogP contribution < -0.4 is 9.47 Å². The lowest BCUT2D eigenvalue weighted by Gasteiger charge is -2.48. The number of unbranched alkanes of at least 4 members (excludes halogenated alkanes) is 8. The summed E-state index contributed by atoms with van der Waals surface area (Å²) in [6, 6.07) is 43.8. The second kappa shape index (κ2) is 41.0. The molecule has 3 heterocycles. The van der Waals surface area contributed by atoms with E-state index in [4.69, 9.17) is 58.3 Å². The van der Waals surface area contributed by atoms with E-state index < -0.39 is 57.0 Å². The molecule has 0 bridgehead atoms. The van der Waals surface area contributed by atoms with Crippen molar-refractivity contribution >= 4 is 32.2 Å². The van der Waals surface area contributed by atoms with Crippen LogP contribution in [0.25, 0.3) is 4.85 Å². The van der Waals surface area contributed by atoms with Gasteiger partial charge in [-0.1, -0.05) is 164 Å². The van der Waals surface area contributed by atoms with Crippen LogP contribution >= 0.6 is 8.53 Å². The molecule has 0 N–H and O–H groups in total. The van der Waals surface area contributed by atoms with E-state index in [1.54, 1.807) is 50.6 Å². The van der Waals surface area contributed by atoms with Crippen molar-refractivity contribution in [1.29, 1.82) is 0 Å². The summed E-state index contributed by atoms with van der Waals surface area (Å²) >= 11 is 0. The minimum atomic E-state index is -1.56. The van der Waals surface area contributed by atoms with Crippen LogP contribution in [0.2, 0.25) is 0 Å². The largest absolute Gasteiger partial charge is 0.497 e. The molecule has 3 aliphatic heterocycles. The Labute approximate surface area is 602 Å². The van der Waals surface area contributed by atoms with Gasteiger partial charge in [-0.3, -0.25) is 9.59 Å². The lowest BCUT2D eigenvalue weighted by molar-refractivity contribution is -0.327. The van der Waals surface area contributed by atoms with Crippen molar-refractivity contribution in [3.8, 4) is 11.5 Å². The van der Waals surface area contributed by atoms with Crippen molar-refractivity contribution in [3.05, 3.63) is 179 Å². The molecule has 19 heteroatoms. The molecule has 101 heavy (non-hydrogen) atoms. The van der Waals surface area contributed by atoms with E-state index in [0.717, 1.165) is 86.0 Å². The van der Waals surface area contributed by atoms with Gasteiger partial charge in [0.1, 0.15) is 48.8 Å². The number of esters is 2. The Balaban J connectivity index is 0.785. The molecule has 18 nitrogen and oxygen atoms in total. The highest BCUT2D eigenvalue weighted by atomic mass is 31.2. The molecule has 0 aliphatic carbocycles. The molecule has 550 valence electrons. The smallest absolute Gasteiger partial charge is 0.338 e. The average molecular weight is 1410 g/mol. The van der Waals surface area contributed by atoms with Crippen LogP contribution in [0, 0.1) is 36.2 Å². The average Bonchev–Trinajstić information content (AvgIpc) is 1.31. The first-order valence-corrected chi connectivity index (χ1v) is 38.0. The van der Waals surface area contributed by atoms with Crippen LogP contribution in [0.1, 0.15) is 190 Å². The number of likely N-dealkylation sites (tertiary alicyclic amines) is 1. The Hall–Kier alpha value is -6.62. The predicted octanol–water partition coefficient (Wildman–Crippen LogP) is 16.7. The molecule has 8 rings (SSSR count). The van der Waals surface area contributed by atoms with Gasteiger partial charge in [0, 0.05) is 56.3 Å². The Morgan fingerprint density at radius 2 is 1.05 bits per heavy atom. The fraction of sp³-hybridized carbons (Fsp3) is 0.573. The van der Waals surface area contributed by atoms with Crippen LogP contribution in [-0.2, 0) is 57.4 Å². The van der Waals surface area contributed by atoms with Crippen LogP contribution in [0.15, 0.2) is 140 Å². The highest BCUT2D eigenvalue weighted by Gasteiger charge is 2.49. The minimum Gasteiger partial charge on any atom is -0.497 e. The first kappa shape index (κ1) is 80.1. The third-order valence-electron chi connectivity index (χ3n) is 20.5. The molecule has 0 aromatic heterocycles. The Bertz CT molecular complexity index is 3250. The molecule has 13 atom stereocenters. The number of ketones is 1. The topological polar surface area (TPSA) is 181 Å². The maximum absolute atomic E-state index is 14.6. The molecule has 3 fully saturated rings. The van der Waals surface area contributed by atoms with E-state index in [1.165, 1.54) is 0 Å². The van der Waals surface area contributed by atoms with Gasteiger partial charge in [0.25, 0.3) is 8.53 Å². The second-order valence-electron chi connectivity index (χ2n) is 28.1. The van der Waals surface area contributed by atoms with Crippen LogP contribution in [0.4, 0.5) is 0 Å². The van der Waals surface area contributed by atoms with Crippen molar-refractivity contribution in [2.75, 3.05) is 60.3 Å². The Morgan fingerprint density at radius 1 is 0.564 bits per heavy atom. The highest BCUT2D eigenvalue weighted by Crippen LogP contribution is 2.50. The van der Waals surface area contributed by atoms with E-state index in [-0.39, 0.29) is 98.5 Å². The van der Waals surface area contributed by atoms with Crippen molar-refractivity contribution in [2.45, 2.75) is 213 Å². The molecule has 3 saturated heterocycles. The Morgan fingerprint density at radius 3 is 1.58 bits per heavy atom. The summed E-state index contributed by atoms with van der Waals surface area (Å²) in [4.78, 5) is 59.5. The number of carbonyl (C=O) groups is 4. The van der Waals surface area contributed by atoms with Gasteiger partial charge < -0.3 is 61.4 Å². The van der Waals surface area contributed by atoms with E-state index in [0.29, 0.717) is 56.4 Å². The lowest BCUT2D eigenvalue weighted by atomic mass is 9.78. The van der Waals surface area contributed by atoms with Gasteiger partial charge in [0.2, 0.25) is 12.5 Å². The summed E-state index contributed by atoms with van der Waals surface area (Å²) in [6.07, 6.45) is 7.87. The van der Waals surface area contributed by atoms with Crippen molar-refractivity contribution < 1.29 is 70.9 Å². The number of amides is 1. The summed E-state index contributed by atoms with van der Waals surface area (Å²) in [7, 11) is 1.74. The van der Waals surface area contributed by atoms with Gasteiger partial charge in [-0.05, 0) is 143 Å². The number of ether oxygens (including phenoxy) is 9. The molecule has 5 aromatic rings. The van der Waals surface area contributed by atoms with Crippen LogP contribution in [-0.4, -0.2) is 149 Å². The van der Waals surface area contributed by atoms with Crippen LogP contribution in [0.5, 0.6) is 11.5 Å². The Kier molecular flexibility index (Phi) is 32.5. The molecular formula is C82H112N3O15P. The number of benzene rings is 5. The quantitative estimate of drug-likeness (QED) is 0.0118. The number of methoxy groups -OCH3 is 2. The summed E-state index contributed by atoms with van der Waals surface area (Å²) < 4.78 is 72.6. The fourth-order valence-corrected chi connectivity index (χ4v) is 15.8. The maximum Gasteiger partial charge on any atom is 0.338 e. The number of hydrogen-bond donors (Lipinski definition) is 0. The number of carbonyl (C=O) groups excluding carboxylic acids is 4. The monoisotopic (exact) mass is 1410 g/mol. The molecule has 3 aliphatic rings. The van der Waals surface area contributed by atoms with Gasteiger partial charge in [0.15, 0.2) is 12.6 Å². The molecule has 5 aromatic carbocycles. The third kappa shape index (κ3) is 22.7. The van der Waals surface area contributed by atoms with Gasteiger partial charge in [-0.25, -0.2) is 20.8 Å². The molecular weight excluding hydrogens is 1300 g/mol. The zero-order valence-corrected chi connectivity index (χ0v) is 62.5.